The van der Waals surface area contributed by atoms with E-state index in [9.17, 15) is 0 Å². The van der Waals surface area contributed by atoms with Crippen LogP contribution in [0, 0.1) is 12.8 Å². The second-order valence-corrected chi connectivity index (χ2v) is 8.19. The van der Waals surface area contributed by atoms with E-state index in [4.69, 9.17) is 0 Å². The van der Waals surface area contributed by atoms with Gasteiger partial charge in [-0.1, -0.05) is 13.8 Å². The molecule has 0 aliphatic carbocycles. The van der Waals surface area contributed by atoms with Crippen molar-refractivity contribution < 1.29 is 0 Å². The van der Waals surface area contributed by atoms with Crippen molar-refractivity contribution in [1.29, 1.82) is 0 Å². The van der Waals surface area contributed by atoms with Gasteiger partial charge in [0, 0.05) is 40.5 Å². The van der Waals surface area contributed by atoms with Crippen LogP contribution in [0.15, 0.2) is 12.1 Å². The molecule has 1 N–H and O–H groups in total. The molecule has 0 radical (unpaired) electrons. The van der Waals surface area contributed by atoms with Crippen molar-refractivity contribution in [1.82, 2.24) is 10.2 Å². The van der Waals surface area contributed by atoms with Gasteiger partial charge in [0.1, 0.15) is 0 Å². The molecule has 19 heavy (non-hydrogen) atoms. The van der Waals surface area contributed by atoms with Crippen LogP contribution in [-0.2, 0) is 0 Å². The van der Waals surface area contributed by atoms with Gasteiger partial charge >= 0.3 is 0 Å². The molecule has 1 aliphatic heterocycles. The van der Waals surface area contributed by atoms with Crippen LogP contribution in [0.1, 0.15) is 50.4 Å². The fourth-order valence-corrected chi connectivity index (χ4v) is 3.96. The van der Waals surface area contributed by atoms with Crippen molar-refractivity contribution >= 4 is 11.3 Å². The van der Waals surface area contributed by atoms with Gasteiger partial charge < -0.3 is 5.32 Å². The molecular formula is C16H28N2S. The normalized spacial score (nSPS) is 25.7. The van der Waals surface area contributed by atoms with Gasteiger partial charge in [-0.3, -0.25) is 4.90 Å². The molecule has 1 aliphatic rings. The average molecular weight is 280 g/mol. The van der Waals surface area contributed by atoms with Gasteiger partial charge in [-0.2, -0.15) is 0 Å². The highest BCUT2D eigenvalue weighted by Gasteiger charge is 2.36. The molecule has 2 heterocycles. The molecule has 2 rings (SSSR count). The number of hydrogen-bond donors (Lipinski definition) is 1. The SMILES string of the molecule is Cc1ccc(C(C)N2CC(C)(C)NCC2C(C)C)s1. The van der Waals surface area contributed by atoms with Crippen LogP contribution in [0.2, 0.25) is 0 Å². The summed E-state index contributed by atoms with van der Waals surface area (Å²) in [5.74, 6) is 0.687. The summed E-state index contributed by atoms with van der Waals surface area (Å²) >= 11 is 1.94. The third kappa shape index (κ3) is 3.39. The maximum atomic E-state index is 3.69. The van der Waals surface area contributed by atoms with Gasteiger partial charge in [0.15, 0.2) is 0 Å². The lowest BCUT2D eigenvalue weighted by Gasteiger charge is -2.48. The molecule has 1 aromatic heterocycles. The van der Waals surface area contributed by atoms with Crippen LogP contribution < -0.4 is 5.32 Å². The van der Waals surface area contributed by atoms with E-state index in [1.54, 1.807) is 0 Å². The highest BCUT2D eigenvalue weighted by atomic mass is 32.1. The Morgan fingerprint density at radius 1 is 1.32 bits per heavy atom. The van der Waals surface area contributed by atoms with E-state index in [2.05, 4.69) is 63.9 Å². The molecule has 2 atom stereocenters. The third-order valence-corrected chi connectivity index (χ3v) is 5.40. The van der Waals surface area contributed by atoms with Crippen LogP contribution in [0.25, 0.3) is 0 Å². The minimum Gasteiger partial charge on any atom is -0.309 e. The second kappa shape index (κ2) is 5.55. The molecule has 0 aromatic carbocycles. The van der Waals surface area contributed by atoms with Gasteiger partial charge in [0.2, 0.25) is 0 Å². The molecule has 1 aromatic rings. The Labute approximate surface area is 122 Å². The summed E-state index contributed by atoms with van der Waals surface area (Å²) in [6, 6.07) is 5.70. The third-order valence-electron chi connectivity index (χ3n) is 4.23. The highest BCUT2D eigenvalue weighted by Crippen LogP contribution is 2.33. The molecule has 0 spiro atoms. The number of thiophene rings is 1. The van der Waals surface area contributed by atoms with Gasteiger partial charge in [-0.25, -0.2) is 0 Å². The average Bonchev–Trinajstić information content (AvgIpc) is 2.73. The van der Waals surface area contributed by atoms with E-state index in [0.717, 1.165) is 13.1 Å². The van der Waals surface area contributed by atoms with Crippen LogP contribution in [-0.4, -0.2) is 29.6 Å². The summed E-state index contributed by atoms with van der Waals surface area (Å²) in [6.45, 7) is 16.1. The van der Waals surface area contributed by atoms with Gasteiger partial charge in [-0.05, 0) is 45.7 Å². The Morgan fingerprint density at radius 2 is 2.00 bits per heavy atom. The number of rotatable bonds is 3. The maximum Gasteiger partial charge on any atom is 0.0417 e. The molecule has 0 bridgehead atoms. The first-order chi connectivity index (χ1) is 8.80. The Balaban J connectivity index is 2.21. The van der Waals surface area contributed by atoms with E-state index in [1.165, 1.54) is 9.75 Å². The number of piperazine rings is 1. The monoisotopic (exact) mass is 280 g/mol. The van der Waals surface area contributed by atoms with Crippen molar-refractivity contribution in [3.05, 3.63) is 21.9 Å². The summed E-state index contributed by atoms with van der Waals surface area (Å²) in [6.07, 6.45) is 0. The minimum absolute atomic E-state index is 0.214. The molecule has 108 valence electrons. The largest absolute Gasteiger partial charge is 0.309 e. The van der Waals surface area contributed by atoms with Gasteiger partial charge in [0.05, 0.1) is 0 Å². The molecule has 0 saturated carbocycles. The lowest BCUT2D eigenvalue weighted by Crippen LogP contribution is -2.63. The standard InChI is InChI=1S/C16H28N2S/c1-11(2)14-9-17-16(5,6)10-18(14)13(4)15-8-7-12(3)19-15/h7-8,11,13-14,17H,9-10H2,1-6H3. The fraction of sp³-hybridized carbons (Fsp3) is 0.750. The predicted octanol–water partition coefficient (Wildman–Crippen LogP) is 3.83. The molecule has 0 amide bonds. The van der Waals surface area contributed by atoms with Crippen molar-refractivity contribution in [2.75, 3.05) is 13.1 Å². The molecule has 2 unspecified atom stereocenters. The quantitative estimate of drug-likeness (QED) is 0.905. The Hall–Kier alpha value is -0.380. The molecule has 2 nitrogen and oxygen atoms in total. The summed E-state index contributed by atoms with van der Waals surface area (Å²) < 4.78 is 0. The van der Waals surface area contributed by atoms with E-state index in [0.29, 0.717) is 18.0 Å². The van der Waals surface area contributed by atoms with Crippen molar-refractivity contribution in [3.8, 4) is 0 Å². The highest BCUT2D eigenvalue weighted by molar-refractivity contribution is 7.12. The zero-order chi connectivity index (χ0) is 14.2. The smallest absolute Gasteiger partial charge is 0.0417 e. The summed E-state index contributed by atoms with van der Waals surface area (Å²) in [5, 5.41) is 3.69. The second-order valence-electron chi connectivity index (χ2n) is 6.87. The predicted molar refractivity (Wildman–Crippen MR) is 84.9 cm³/mol. The number of aryl methyl sites for hydroxylation is 1. The first-order valence-corrected chi connectivity index (χ1v) is 8.19. The number of nitrogens with zero attached hydrogens (tertiary/aromatic N) is 1. The van der Waals surface area contributed by atoms with Gasteiger partial charge in [-0.15, -0.1) is 11.3 Å². The Kier molecular flexibility index (Phi) is 4.38. The minimum atomic E-state index is 0.214. The van der Waals surface area contributed by atoms with Crippen LogP contribution in [0.4, 0.5) is 0 Å². The van der Waals surface area contributed by atoms with E-state index < -0.39 is 0 Å². The van der Waals surface area contributed by atoms with Crippen LogP contribution in [0.3, 0.4) is 0 Å². The van der Waals surface area contributed by atoms with Crippen molar-refractivity contribution in [3.63, 3.8) is 0 Å². The van der Waals surface area contributed by atoms with Crippen LogP contribution in [0.5, 0.6) is 0 Å². The topological polar surface area (TPSA) is 15.3 Å². The summed E-state index contributed by atoms with van der Waals surface area (Å²) in [5.41, 5.74) is 0.214. The molecule has 1 fully saturated rings. The molecule has 3 heteroatoms. The first-order valence-electron chi connectivity index (χ1n) is 7.37. The molecule has 1 saturated heterocycles. The maximum absolute atomic E-state index is 3.69. The Morgan fingerprint density at radius 3 is 2.53 bits per heavy atom. The summed E-state index contributed by atoms with van der Waals surface area (Å²) in [4.78, 5) is 5.62. The Bertz CT molecular complexity index is 422. The zero-order valence-corrected chi connectivity index (χ0v) is 14.0. The number of hydrogen-bond acceptors (Lipinski definition) is 3. The summed E-state index contributed by atoms with van der Waals surface area (Å²) in [7, 11) is 0. The van der Waals surface area contributed by atoms with Gasteiger partial charge in [0.25, 0.3) is 0 Å². The first kappa shape index (κ1) is 15.0. The molecular weight excluding hydrogens is 252 g/mol. The van der Waals surface area contributed by atoms with E-state index in [-0.39, 0.29) is 5.54 Å². The fourth-order valence-electron chi connectivity index (χ4n) is 3.01. The van der Waals surface area contributed by atoms with E-state index >= 15 is 0 Å². The lowest BCUT2D eigenvalue weighted by molar-refractivity contribution is 0.0382. The van der Waals surface area contributed by atoms with Crippen molar-refractivity contribution in [2.24, 2.45) is 5.92 Å². The van der Waals surface area contributed by atoms with Crippen molar-refractivity contribution in [2.45, 2.75) is 59.2 Å². The zero-order valence-electron chi connectivity index (χ0n) is 13.2. The van der Waals surface area contributed by atoms with E-state index in [1.807, 2.05) is 11.3 Å². The lowest BCUT2D eigenvalue weighted by atomic mass is 9.91. The van der Waals surface area contributed by atoms with Crippen LogP contribution >= 0.6 is 11.3 Å². The number of nitrogens with one attached hydrogen (secondary N) is 1.